The van der Waals surface area contributed by atoms with Crippen molar-refractivity contribution in [1.82, 2.24) is 0 Å². The Kier molecular flexibility index (Phi) is 13.5. The maximum atomic E-state index is 4.64. The molecule has 150 valence electrons. The third-order valence-electron chi connectivity index (χ3n) is 4.22. The van der Waals surface area contributed by atoms with Gasteiger partial charge in [0.05, 0.1) is 17.6 Å². The van der Waals surface area contributed by atoms with Crippen molar-refractivity contribution in [3.05, 3.63) is 60.7 Å². The molecule has 0 aliphatic carbocycles. The molecule has 0 aliphatic rings. The van der Waals surface area contributed by atoms with E-state index in [1.807, 2.05) is 60.7 Å². The Bertz CT molecular complexity index is 755. The summed E-state index contributed by atoms with van der Waals surface area (Å²) in [4.78, 5) is 9.14. The smallest absolute Gasteiger partial charge is 0.132 e. The summed E-state index contributed by atoms with van der Waals surface area (Å²) in [7, 11) is 0. The van der Waals surface area contributed by atoms with Crippen LogP contribution in [0.1, 0.15) is 58.3 Å². The molecule has 0 aromatic heterocycles. The van der Waals surface area contributed by atoms with Crippen molar-refractivity contribution < 1.29 is 16.5 Å². The van der Waals surface area contributed by atoms with Crippen molar-refractivity contribution in [1.29, 1.82) is 0 Å². The Hall–Kier alpha value is -2.17. The number of rotatable bonds is 10. The molecule has 0 bridgehead atoms. The number of aliphatic imine (C=N–C) groups is 2. The molecule has 0 N–H and O–H groups in total. The first-order valence-electron chi connectivity index (χ1n) is 10.1. The van der Waals surface area contributed by atoms with Gasteiger partial charge >= 0.3 is 0 Å². The zero-order chi connectivity index (χ0) is 19.0. The largest absolute Gasteiger partial charge is 0.254 e. The van der Waals surface area contributed by atoms with Gasteiger partial charge in [0.1, 0.15) is 5.71 Å². The van der Waals surface area contributed by atoms with Crippen molar-refractivity contribution in [2.24, 2.45) is 9.98 Å². The van der Waals surface area contributed by atoms with Crippen LogP contribution >= 0.6 is 0 Å². The van der Waals surface area contributed by atoms with Crippen LogP contribution < -0.4 is 0 Å². The van der Waals surface area contributed by atoms with Gasteiger partial charge in [-0.25, -0.2) is 4.99 Å². The van der Waals surface area contributed by atoms with Crippen LogP contribution in [0, 0.1) is 11.8 Å². The number of benzene rings is 2. The minimum atomic E-state index is 0. The van der Waals surface area contributed by atoms with E-state index in [-0.39, 0.29) is 16.5 Å². The standard InChI is InChI=1S/C25H30N2.Ni/c1-2-3-4-5-6-7-8-9-12-21-25(27-24-19-15-11-16-20-24)22-26-23-17-13-10-14-18-23;/h10-11,13-20,22H,2-9H2,1H3;/b26-22+,27-25+;. The topological polar surface area (TPSA) is 24.7 Å². The fourth-order valence-electron chi connectivity index (χ4n) is 2.70. The SMILES string of the molecule is CCCCCCCCCC#CC(/C=N/c1ccccc1)=N\c1ccccc1.[Ni]. The van der Waals surface area contributed by atoms with E-state index in [0.717, 1.165) is 24.2 Å². The summed E-state index contributed by atoms with van der Waals surface area (Å²) >= 11 is 0. The predicted octanol–water partition coefficient (Wildman–Crippen LogP) is 7.30. The van der Waals surface area contributed by atoms with Gasteiger partial charge in [-0.2, -0.15) is 0 Å². The molecule has 0 saturated heterocycles. The Morgan fingerprint density at radius 2 is 1.36 bits per heavy atom. The van der Waals surface area contributed by atoms with Crippen molar-refractivity contribution in [3.8, 4) is 11.8 Å². The molecule has 0 saturated carbocycles. The van der Waals surface area contributed by atoms with Crippen LogP contribution in [0.2, 0.25) is 0 Å². The fraction of sp³-hybridized carbons (Fsp3) is 0.360. The molecule has 0 unspecified atom stereocenters. The van der Waals surface area contributed by atoms with Crippen molar-refractivity contribution in [2.45, 2.75) is 58.3 Å². The van der Waals surface area contributed by atoms with Crippen LogP contribution in [0.3, 0.4) is 0 Å². The van der Waals surface area contributed by atoms with Gasteiger partial charge in [-0.1, -0.05) is 87.8 Å². The van der Waals surface area contributed by atoms with Crippen molar-refractivity contribution in [2.75, 3.05) is 0 Å². The second-order valence-corrected chi connectivity index (χ2v) is 6.60. The molecule has 2 aromatic rings. The maximum Gasteiger partial charge on any atom is 0.132 e. The third-order valence-corrected chi connectivity index (χ3v) is 4.22. The Labute approximate surface area is 180 Å². The van der Waals surface area contributed by atoms with Crippen molar-refractivity contribution >= 4 is 23.3 Å². The zero-order valence-electron chi connectivity index (χ0n) is 16.7. The minimum absolute atomic E-state index is 0. The summed E-state index contributed by atoms with van der Waals surface area (Å²) in [6.07, 6.45) is 11.8. The Morgan fingerprint density at radius 3 is 2.00 bits per heavy atom. The van der Waals surface area contributed by atoms with Crippen LogP contribution in [0.15, 0.2) is 70.6 Å². The number of nitrogens with zero attached hydrogens (tertiary/aromatic N) is 2. The second-order valence-electron chi connectivity index (χ2n) is 6.60. The molecule has 0 radical (unpaired) electrons. The molecule has 0 fully saturated rings. The molecule has 0 amide bonds. The maximum absolute atomic E-state index is 4.64. The second kappa shape index (κ2) is 15.8. The van der Waals surface area contributed by atoms with Crippen molar-refractivity contribution in [3.63, 3.8) is 0 Å². The van der Waals surface area contributed by atoms with Gasteiger partial charge in [0.15, 0.2) is 0 Å². The van der Waals surface area contributed by atoms with Gasteiger partial charge in [0.2, 0.25) is 0 Å². The first kappa shape index (κ1) is 23.9. The molecule has 2 nitrogen and oxygen atoms in total. The van der Waals surface area contributed by atoms with Gasteiger partial charge in [-0.05, 0) is 36.6 Å². The van der Waals surface area contributed by atoms with E-state index in [1.165, 1.54) is 38.5 Å². The average Bonchev–Trinajstić information content (AvgIpc) is 2.72. The van der Waals surface area contributed by atoms with Gasteiger partial charge < -0.3 is 0 Å². The van der Waals surface area contributed by atoms with E-state index in [1.54, 1.807) is 6.21 Å². The summed E-state index contributed by atoms with van der Waals surface area (Å²) in [6, 6.07) is 19.8. The van der Waals surface area contributed by atoms with Crippen LogP contribution in [0.4, 0.5) is 11.4 Å². The van der Waals surface area contributed by atoms with Gasteiger partial charge in [-0.3, -0.25) is 4.99 Å². The van der Waals surface area contributed by atoms with Crippen LogP contribution in [-0.2, 0) is 16.5 Å². The molecule has 0 spiro atoms. The molecule has 0 atom stereocenters. The monoisotopic (exact) mass is 416 g/mol. The molecule has 2 aromatic carbocycles. The van der Waals surface area contributed by atoms with Crippen LogP contribution in [-0.4, -0.2) is 11.9 Å². The molecule has 3 heteroatoms. The van der Waals surface area contributed by atoms with E-state index in [2.05, 4.69) is 28.7 Å². The first-order valence-corrected chi connectivity index (χ1v) is 10.1. The number of hydrogen-bond acceptors (Lipinski definition) is 2. The van der Waals surface area contributed by atoms with E-state index in [4.69, 9.17) is 0 Å². The number of hydrogen-bond donors (Lipinski definition) is 0. The molecular weight excluding hydrogens is 387 g/mol. The third kappa shape index (κ3) is 10.9. The first-order chi connectivity index (χ1) is 13.4. The van der Waals surface area contributed by atoms with Gasteiger partial charge in [0.25, 0.3) is 0 Å². The summed E-state index contributed by atoms with van der Waals surface area (Å²) in [5, 5.41) is 0. The Balaban J connectivity index is 0.00000392. The van der Waals surface area contributed by atoms with E-state index >= 15 is 0 Å². The summed E-state index contributed by atoms with van der Waals surface area (Å²) in [5.41, 5.74) is 2.51. The van der Waals surface area contributed by atoms with Gasteiger partial charge in [-0.15, -0.1) is 0 Å². The predicted molar refractivity (Wildman–Crippen MR) is 119 cm³/mol. The summed E-state index contributed by atoms with van der Waals surface area (Å²) in [5.74, 6) is 6.47. The van der Waals surface area contributed by atoms with E-state index in [9.17, 15) is 0 Å². The Morgan fingerprint density at radius 1 is 0.786 bits per heavy atom. The quantitative estimate of drug-likeness (QED) is 0.168. The number of para-hydroxylation sites is 2. The van der Waals surface area contributed by atoms with E-state index in [0.29, 0.717) is 5.71 Å². The fourth-order valence-corrected chi connectivity index (χ4v) is 2.70. The zero-order valence-corrected chi connectivity index (χ0v) is 17.7. The molecule has 0 aliphatic heterocycles. The molecule has 2 rings (SSSR count). The van der Waals surface area contributed by atoms with Crippen LogP contribution in [0.5, 0.6) is 0 Å². The normalized spacial score (nSPS) is 11.0. The molecular formula is C25H30N2Ni. The van der Waals surface area contributed by atoms with Crippen LogP contribution in [0.25, 0.3) is 0 Å². The summed E-state index contributed by atoms with van der Waals surface area (Å²) in [6.45, 7) is 2.26. The molecule has 0 heterocycles. The van der Waals surface area contributed by atoms with Gasteiger partial charge in [0, 0.05) is 22.9 Å². The average molecular weight is 417 g/mol. The number of unbranched alkanes of at least 4 members (excludes halogenated alkanes) is 7. The van der Waals surface area contributed by atoms with E-state index < -0.39 is 0 Å². The molecule has 28 heavy (non-hydrogen) atoms. The minimum Gasteiger partial charge on any atom is -0.254 e. The summed E-state index contributed by atoms with van der Waals surface area (Å²) < 4.78 is 0.